The molecule has 2 nitrogen and oxygen atoms in total. The molecule has 13 heavy (non-hydrogen) atoms. The van der Waals surface area contributed by atoms with Crippen LogP contribution < -0.4 is 11.1 Å². The molecular formula is C11H14N2. The summed E-state index contributed by atoms with van der Waals surface area (Å²) in [5, 5.41) is 3.58. The number of nitrogens with two attached hydrogens (primary N) is 1. The van der Waals surface area contributed by atoms with Gasteiger partial charge in [0.05, 0.1) is 0 Å². The first-order chi connectivity index (χ1) is 6.36. The van der Waals surface area contributed by atoms with Crippen LogP contribution in [0.2, 0.25) is 0 Å². The molecule has 5 unspecified atom stereocenters. The maximum Gasteiger partial charge on any atom is 0.0386 e. The summed E-state index contributed by atoms with van der Waals surface area (Å²) in [6.07, 6.45) is 13.2. The summed E-state index contributed by atoms with van der Waals surface area (Å²) in [6, 6.07) is 1.18. The van der Waals surface area contributed by atoms with Gasteiger partial charge in [0, 0.05) is 30.0 Å². The second-order valence-electron chi connectivity index (χ2n) is 4.10. The minimum Gasteiger partial charge on any atom is -0.323 e. The van der Waals surface area contributed by atoms with Gasteiger partial charge in [-0.3, -0.25) is 0 Å². The first-order valence-electron chi connectivity index (χ1n) is 4.91. The molecule has 1 fully saturated rings. The predicted molar refractivity (Wildman–Crippen MR) is 53.1 cm³/mol. The van der Waals surface area contributed by atoms with E-state index in [4.69, 9.17) is 5.73 Å². The topological polar surface area (TPSA) is 38.0 Å². The van der Waals surface area contributed by atoms with Gasteiger partial charge in [0.1, 0.15) is 0 Å². The Morgan fingerprint density at radius 2 is 1.77 bits per heavy atom. The van der Waals surface area contributed by atoms with E-state index in [9.17, 15) is 0 Å². The standard InChI is InChI=1S/C11H14N2/c12-9-6-5-8-7-3-1-2-4-10(7)13-11(8)9/h1-11,13H,12H2. The van der Waals surface area contributed by atoms with E-state index in [1.165, 1.54) is 0 Å². The molecule has 1 heterocycles. The monoisotopic (exact) mass is 174 g/mol. The highest BCUT2D eigenvalue weighted by atomic mass is 15.0. The minimum absolute atomic E-state index is 0.206. The molecule has 0 aromatic heterocycles. The van der Waals surface area contributed by atoms with Crippen LogP contribution in [0.5, 0.6) is 0 Å². The smallest absolute Gasteiger partial charge is 0.0386 e. The molecule has 0 saturated carbocycles. The fraction of sp³-hybridized carbons (Fsp3) is 0.455. The van der Waals surface area contributed by atoms with E-state index in [0.717, 1.165) is 0 Å². The van der Waals surface area contributed by atoms with Crippen molar-refractivity contribution in [1.82, 2.24) is 5.32 Å². The lowest BCUT2D eigenvalue weighted by atomic mass is 9.86. The third kappa shape index (κ3) is 0.960. The molecule has 0 amide bonds. The van der Waals surface area contributed by atoms with Gasteiger partial charge in [-0.1, -0.05) is 36.5 Å². The summed E-state index contributed by atoms with van der Waals surface area (Å²) in [4.78, 5) is 0. The SMILES string of the molecule is NC1C=CC2C3C=CC=CC3NC12. The predicted octanol–water partition coefficient (Wildman–Crippen LogP) is 0.582. The summed E-state index contributed by atoms with van der Waals surface area (Å²) >= 11 is 0. The normalized spacial score (nSPS) is 51.0. The van der Waals surface area contributed by atoms with Gasteiger partial charge in [0.2, 0.25) is 0 Å². The van der Waals surface area contributed by atoms with Crippen LogP contribution >= 0.6 is 0 Å². The fourth-order valence-electron chi connectivity index (χ4n) is 2.72. The summed E-state index contributed by atoms with van der Waals surface area (Å²) in [5.41, 5.74) is 5.98. The average molecular weight is 174 g/mol. The van der Waals surface area contributed by atoms with E-state index in [1.54, 1.807) is 0 Å². The van der Waals surface area contributed by atoms with Crippen LogP contribution in [0.15, 0.2) is 36.5 Å². The molecule has 0 bridgehead atoms. The molecule has 5 atom stereocenters. The van der Waals surface area contributed by atoms with Gasteiger partial charge < -0.3 is 11.1 Å². The summed E-state index contributed by atoms with van der Waals surface area (Å²) in [7, 11) is 0. The van der Waals surface area contributed by atoms with Crippen LogP contribution in [-0.2, 0) is 0 Å². The Hall–Kier alpha value is -0.860. The van der Waals surface area contributed by atoms with Crippen molar-refractivity contribution < 1.29 is 0 Å². The first-order valence-corrected chi connectivity index (χ1v) is 4.91. The van der Waals surface area contributed by atoms with Crippen molar-refractivity contribution in [3.8, 4) is 0 Å². The molecule has 3 N–H and O–H groups in total. The molecule has 0 radical (unpaired) electrons. The Kier molecular flexibility index (Phi) is 1.49. The zero-order valence-corrected chi connectivity index (χ0v) is 7.43. The molecule has 0 aromatic carbocycles. The number of hydrogen-bond acceptors (Lipinski definition) is 2. The molecular weight excluding hydrogens is 160 g/mol. The fourth-order valence-corrected chi connectivity index (χ4v) is 2.72. The quantitative estimate of drug-likeness (QED) is 0.527. The molecule has 0 spiro atoms. The number of rotatable bonds is 0. The Morgan fingerprint density at radius 3 is 2.69 bits per heavy atom. The van der Waals surface area contributed by atoms with Gasteiger partial charge in [-0.25, -0.2) is 0 Å². The van der Waals surface area contributed by atoms with Crippen LogP contribution in [0, 0.1) is 11.8 Å². The van der Waals surface area contributed by atoms with E-state index >= 15 is 0 Å². The zero-order valence-electron chi connectivity index (χ0n) is 7.43. The number of hydrogen-bond donors (Lipinski definition) is 2. The van der Waals surface area contributed by atoms with Crippen molar-refractivity contribution in [2.45, 2.75) is 18.1 Å². The Morgan fingerprint density at radius 1 is 0.923 bits per heavy atom. The maximum atomic E-state index is 5.98. The van der Waals surface area contributed by atoms with E-state index in [-0.39, 0.29) is 6.04 Å². The molecule has 0 aromatic rings. The van der Waals surface area contributed by atoms with Gasteiger partial charge >= 0.3 is 0 Å². The lowest BCUT2D eigenvalue weighted by Crippen LogP contribution is -2.41. The largest absolute Gasteiger partial charge is 0.323 e. The molecule has 68 valence electrons. The average Bonchev–Trinajstić information content (AvgIpc) is 2.67. The number of nitrogens with one attached hydrogen (secondary N) is 1. The van der Waals surface area contributed by atoms with Crippen molar-refractivity contribution in [3.63, 3.8) is 0 Å². The van der Waals surface area contributed by atoms with Gasteiger partial charge in [-0.2, -0.15) is 0 Å². The Bertz CT molecular complexity index is 303. The molecule has 1 aliphatic heterocycles. The van der Waals surface area contributed by atoms with Crippen LogP contribution in [-0.4, -0.2) is 18.1 Å². The Balaban J connectivity index is 1.93. The molecule has 3 aliphatic rings. The van der Waals surface area contributed by atoms with E-state index < -0.39 is 0 Å². The van der Waals surface area contributed by atoms with Gasteiger partial charge in [0.15, 0.2) is 0 Å². The highest BCUT2D eigenvalue weighted by Crippen LogP contribution is 2.36. The van der Waals surface area contributed by atoms with Gasteiger partial charge in [0.25, 0.3) is 0 Å². The van der Waals surface area contributed by atoms with E-state index in [0.29, 0.717) is 23.9 Å². The maximum absolute atomic E-state index is 5.98. The van der Waals surface area contributed by atoms with Crippen molar-refractivity contribution in [1.29, 1.82) is 0 Å². The second-order valence-corrected chi connectivity index (χ2v) is 4.10. The van der Waals surface area contributed by atoms with Crippen molar-refractivity contribution in [2.24, 2.45) is 17.6 Å². The summed E-state index contributed by atoms with van der Waals surface area (Å²) < 4.78 is 0. The van der Waals surface area contributed by atoms with Crippen LogP contribution in [0.4, 0.5) is 0 Å². The van der Waals surface area contributed by atoms with Crippen LogP contribution in [0.3, 0.4) is 0 Å². The second kappa shape index (κ2) is 2.56. The lowest BCUT2D eigenvalue weighted by molar-refractivity contribution is 0.484. The van der Waals surface area contributed by atoms with Crippen LogP contribution in [0.1, 0.15) is 0 Å². The van der Waals surface area contributed by atoms with Crippen molar-refractivity contribution in [2.75, 3.05) is 0 Å². The highest BCUT2D eigenvalue weighted by molar-refractivity contribution is 5.29. The molecule has 2 heteroatoms. The zero-order chi connectivity index (χ0) is 8.84. The van der Waals surface area contributed by atoms with E-state index in [1.807, 2.05) is 0 Å². The minimum atomic E-state index is 0.206. The number of allylic oxidation sites excluding steroid dienone is 2. The third-order valence-corrected chi connectivity index (χ3v) is 3.39. The first kappa shape index (κ1) is 7.54. The van der Waals surface area contributed by atoms with Gasteiger partial charge in [-0.15, -0.1) is 0 Å². The van der Waals surface area contributed by atoms with Crippen LogP contribution in [0.25, 0.3) is 0 Å². The summed E-state index contributed by atoms with van der Waals surface area (Å²) in [5.74, 6) is 1.24. The lowest BCUT2D eigenvalue weighted by Gasteiger charge is -2.17. The molecule has 3 rings (SSSR count). The Labute approximate surface area is 78.2 Å². The third-order valence-electron chi connectivity index (χ3n) is 3.39. The molecule has 2 aliphatic carbocycles. The number of fused-ring (bicyclic) bond motifs is 3. The van der Waals surface area contributed by atoms with Gasteiger partial charge in [-0.05, 0) is 0 Å². The van der Waals surface area contributed by atoms with Crippen molar-refractivity contribution >= 4 is 0 Å². The highest BCUT2D eigenvalue weighted by Gasteiger charge is 2.44. The molecule has 1 saturated heterocycles. The van der Waals surface area contributed by atoms with E-state index in [2.05, 4.69) is 41.8 Å². The summed E-state index contributed by atoms with van der Waals surface area (Å²) in [6.45, 7) is 0. The van der Waals surface area contributed by atoms with Crippen molar-refractivity contribution in [3.05, 3.63) is 36.5 Å².